The number of nitrogens with one attached hydrogen (secondary N) is 1. The summed E-state index contributed by atoms with van der Waals surface area (Å²) in [6, 6.07) is 1.33. The van der Waals surface area contributed by atoms with Gasteiger partial charge in [-0.2, -0.15) is 0 Å². The summed E-state index contributed by atoms with van der Waals surface area (Å²) >= 11 is 0. The van der Waals surface area contributed by atoms with E-state index < -0.39 is 0 Å². The minimum absolute atomic E-state index is 0.00581. The first-order chi connectivity index (χ1) is 10.1. The van der Waals surface area contributed by atoms with Crippen LogP contribution in [0.25, 0.3) is 0 Å². The SMILES string of the molecule is CCCCN(CCC1CCCC1(CO)NC(C)C)C1CC1. The standard InChI is InChI=1S/C18H36N2O/c1-4-5-12-20(17-8-9-17)13-10-16-7-6-11-18(16,14-21)19-15(2)3/h15-17,19,21H,4-14H2,1-3H3. The molecule has 0 spiro atoms. The van der Waals surface area contributed by atoms with Gasteiger partial charge in [0.1, 0.15) is 0 Å². The summed E-state index contributed by atoms with van der Waals surface area (Å²) < 4.78 is 0. The lowest BCUT2D eigenvalue weighted by atomic mass is 9.84. The van der Waals surface area contributed by atoms with E-state index in [1.165, 1.54) is 58.0 Å². The molecule has 0 aromatic carbocycles. The zero-order valence-electron chi connectivity index (χ0n) is 14.4. The van der Waals surface area contributed by atoms with E-state index in [0.29, 0.717) is 18.6 Å². The van der Waals surface area contributed by atoms with Crippen molar-refractivity contribution in [2.75, 3.05) is 19.7 Å². The van der Waals surface area contributed by atoms with E-state index in [0.717, 1.165) is 12.5 Å². The molecule has 2 rings (SSSR count). The molecule has 2 saturated carbocycles. The third-order valence-electron chi connectivity index (χ3n) is 5.44. The van der Waals surface area contributed by atoms with E-state index in [1.54, 1.807) is 0 Å². The molecule has 2 N–H and O–H groups in total. The summed E-state index contributed by atoms with van der Waals surface area (Å²) in [5, 5.41) is 13.7. The summed E-state index contributed by atoms with van der Waals surface area (Å²) in [4.78, 5) is 2.72. The molecule has 3 nitrogen and oxygen atoms in total. The molecule has 21 heavy (non-hydrogen) atoms. The van der Waals surface area contributed by atoms with Crippen LogP contribution < -0.4 is 5.32 Å². The Balaban J connectivity index is 1.87. The fraction of sp³-hybridized carbons (Fsp3) is 1.00. The van der Waals surface area contributed by atoms with Crippen LogP contribution in [0.4, 0.5) is 0 Å². The van der Waals surface area contributed by atoms with E-state index in [2.05, 4.69) is 31.0 Å². The molecule has 2 aliphatic rings. The molecule has 2 atom stereocenters. The topological polar surface area (TPSA) is 35.5 Å². The molecule has 124 valence electrons. The second-order valence-corrected chi connectivity index (χ2v) is 7.61. The monoisotopic (exact) mass is 296 g/mol. The number of hydrogen-bond acceptors (Lipinski definition) is 3. The number of aliphatic hydroxyl groups is 1. The zero-order chi connectivity index (χ0) is 15.3. The van der Waals surface area contributed by atoms with Crippen molar-refractivity contribution in [1.29, 1.82) is 0 Å². The van der Waals surface area contributed by atoms with Crippen LogP contribution in [0.2, 0.25) is 0 Å². The molecule has 0 amide bonds. The average Bonchev–Trinajstić information content (AvgIpc) is 3.22. The molecule has 2 fully saturated rings. The predicted octanol–water partition coefficient (Wildman–Crippen LogP) is 3.17. The summed E-state index contributed by atoms with van der Waals surface area (Å²) in [6.07, 6.45) is 10.4. The van der Waals surface area contributed by atoms with E-state index in [9.17, 15) is 5.11 Å². The molecule has 0 saturated heterocycles. The lowest BCUT2D eigenvalue weighted by Crippen LogP contribution is -2.54. The van der Waals surface area contributed by atoms with Gasteiger partial charge in [0, 0.05) is 17.6 Å². The molecule has 0 aromatic rings. The number of unbranched alkanes of at least 4 members (excludes halogenated alkanes) is 1. The molecule has 0 aliphatic heterocycles. The molecule has 0 aromatic heterocycles. The minimum atomic E-state index is -0.00581. The van der Waals surface area contributed by atoms with Gasteiger partial charge in [0.15, 0.2) is 0 Å². The Hall–Kier alpha value is -0.120. The molecular formula is C18H36N2O. The van der Waals surface area contributed by atoms with Crippen LogP contribution in [-0.4, -0.2) is 47.3 Å². The van der Waals surface area contributed by atoms with Crippen molar-refractivity contribution >= 4 is 0 Å². The Bertz CT molecular complexity index is 304. The molecule has 3 heteroatoms. The van der Waals surface area contributed by atoms with Gasteiger partial charge < -0.3 is 15.3 Å². The zero-order valence-corrected chi connectivity index (χ0v) is 14.4. The van der Waals surface area contributed by atoms with E-state index >= 15 is 0 Å². The molecule has 2 aliphatic carbocycles. The van der Waals surface area contributed by atoms with E-state index in [-0.39, 0.29) is 5.54 Å². The average molecular weight is 296 g/mol. The van der Waals surface area contributed by atoms with Crippen LogP contribution in [-0.2, 0) is 0 Å². The summed E-state index contributed by atoms with van der Waals surface area (Å²) in [7, 11) is 0. The highest BCUT2D eigenvalue weighted by Gasteiger charge is 2.42. The number of rotatable bonds is 10. The van der Waals surface area contributed by atoms with Crippen molar-refractivity contribution in [2.24, 2.45) is 5.92 Å². The van der Waals surface area contributed by atoms with E-state index in [1.807, 2.05) is 0 Å². The Morgan fingerprint density at radius 1 is 1.24 bits per heavy atom. The second-order valence-electron chi connectivity index (χ2n) is 7.61. The van der Waals surface area contributed by atoms with Crippen LogP contribution in [0, 0.1) is 5.92 Å². The molecular weight excluding hydrogens is 260 g/mol. The first-order valence-electron chi connectivity index (χ1n) is 9.24. The maximum Gasteiger partial charge on any atom is 0.0616 e. The van der Waals surface area contributed by atoms with Crippen LogP contribution in [0.5, 0.6) is 0 Å². The Kier molecular flexibility index (Phi) is 6.51. The largest absolute Gasteiger partial charge is 0.394 e. The van der Waals surface area contributed by atoms with Gasteiger partial charge in [0.05, 0.1) is 6.61 Å². The number of aliphatic hydroxyl groups excluding tert-OH is 1. The van der Waals surface area contributed by atoms with Gasteiger partial charge in [-0.25, -0.2) is 0 Å². The number of hydrogen-bond donors (Lipinski definition) is 2. The molecule has 0 radical (unpaired) electrons. The van der Waals surface area contributed by atoms with Crippen molar-refractivity contribution in [1.82, 2.24) is 10.2 Å². The van der Waals surface area contributed by atoms with Gasteiger partial charge in [0.25, 0.3) is 0 Å². The molecule has 0 heterocycles. The third kappa shape index (κ3) is 4.67. The van der Waals surface area contributed by atoms with Crippen molar-refractivity contribution in [3.8, 4) is 0 Å². The van der Waals surface area contributed by atoms with Crippen LogP contribution >= 0.6 is 0 Å². The van der Waals surface area contributed by atoms with Gasteiger partial charge in [0.2, 0.25) is 0 Å². The summed E-state index contributed by atoms with van der Waals surface area (Å²) in [5.41, 5.74) is -0.00581. The van der Waals surface area contributed by atoms with Gasteiger partial charge in [-0.3, -0.25) is 0 Å². The lowest BCUT2D eigenvalue weighted by molar-refractivity contribution is 0.102. The molecule has 2 unspecified atom stereocenters. The first-order valence-corrected chi connectivity index (χ1v) is 9.24. The van der Waals surface area contributed by atoms with Crippen LogP contribution in [0.15, 0.2) is 0 Å². The maximum atomic E-state index is 9.99. The highest BCUT2D eigenvalue weighted by molar-refractivity contribution is 5.00. The highest BCUT2D eigenvalue weighted by Crippen LogP contribution is 2.39. The Labute approximate surface area is 131 Å². The lowest BCUT2D eigenvalue weighted by Gasteiger charge is -2.38. The van der Waals surface area contributed by atoms with Gasteiger partial charge in [-0.05, 0) is 57.5 Å². The van der Waals surface area contributed by atoms with Crippen LogP contribution in [0.3, 0.4) is 0 Å². The van der Waals surface area contributed by atoms with Crippen molar-refractivity contribution in [3.05, 3.63) is 0 Å². The van der Waals surface area contributed by atoms with E-state index in [4.69, 9.17) is 0 Å². The van der Waals surface area contributed by atoms with Gasteiger partial charge in [-0.1, -0.05) is 33.6 Å². The maximum absolute atomic E-state index is 9.99. The van der Waals surface area contributed by atoms with Crippen molar-refractivity contribution in [3.63, 3.8) is 0 Å². The van der Waals surface area contributed by atoms with Crippen molar-refractivity contribution < 1.29 is 5.11 Å². The fourth-order valence-corrected chi connectivity index (χ4v) is 4.18. The third-order valence-corrected chi connectivity index (χ3v) is 5.44. The predicted molar refractivity (Wildman–Crippen MR) is 89.5 cm³/mol. The normalized spacial score (nSPS) is 29.7. The Morgan fingerprint density at radius 3 is 2.57 bits per heavy atom. The van der Waals surface area contributed by atoms with Gasteiger partial charge >= 0.3 is 0 Å². The second kappa shape index (κ2) is 7.94. The Morgan fingerprint density at radius 2 is 2.00 bits per heavy atom. The summed E-state index contributed by atoms with van der Waals surface area (Å²) in [6.45, 7) is 9.49. The summed E-state index contributed by atoms with van der Waals surface area (Å²) in [5.74, 6) is 0.646. The fourth-order valence-electron chi connectivity index (χ4n) is 4.18. The quantitative estimate of drug-likeness (QED) is 0.650. The number of nitrogens with zero attached hydrogens (tertiary/aromatic N) is 1. The smallest absolute Gasteiger partial charge is 0.0616 e. The molecule has 0 bridgehead atoms. The van der Waals surface area contributed by atoms with Crippen LogP contribution in [0.1, 0.15) is 72.1 Å². The van der Waals surface area contributed by atoms with Gasteiger partial charge in [-0.15, -0.1) is 0 Å². The van der Waals surface area contributed by atoms with Crippen molar-refractivity contribution in [2.45, 2.75) is 89.8 Å². The first kappa shape index (κ1) is 17.2. The minimum Gasteiger partial charge on any atom is -0.394 e. The highest BCUT2D eigenvalue weighted by atomic mass is 16.3.